The molecule has 1 aliphatic rings. The number of carbonyl (C=O) groups excluding carboxylic acids is 1. The van der Waals surface area contributed by atoms with Crippen LogP contribution >= 0.6 is 22.9 Å². The van der Waals surface area contributed by atoms with Crippen molar-refractivity contribution in [1.29, 1.82) is 0 Å². The summed E-state index contributed by atoms with van der Waals surface area (Å²) < 4.78 is 32.6. The lowest BCUT2D eigenvalue weighted by molar-refractivity contribution is -0.119. The van der Waals surface area contributed by atoms with Crippen molar-refractivity contribution in [3.8, 4) is 0 Å². The van der Waals surface area contributed by atoms with Gasteiger partial charge < -0.3 is 9.84 Å². The minimum atomic E-state index is -3.89. The lowest BCUT2D eigenvalue weighted by Gasteiger charge is -2.22. The maximum atomic E-state index is 13.2. The third-order valence-electron chi connectivity index (χ3n) is 5.12. The highest BCUT2D eigenvalue weighted by molar-refractivity contribution is 7.89. The quantitative estimate of drug-likeness (QED) is 0.575. The molecule has 11 heteroatoms. The highest BCUT2D eigenvalue weighted by atomic mass is 35.5. The third-order valence-corrected chi connectivity index (χ3v) is 8.43. The van der Waals surface area contributed by atoms with Crippen LogP contribution in [0, 0.1) is 13.8 Å². The summed E-state index contributed by atoms with van der Waals surface area (Å²) in [6.45, 7) is 3.40. The SMILES string of the molecule is Cc1noc(C)c1S(=O)(=O)N1CCC[C@H]1C(=O)Nc1ncc(Cc2ccc(Cl)cc2)s1. The first-order valence-corrected chi connectivity index (χ1v) is 12.3. The Morgan fingerprint density at radius 3 is 2.74 bits per heavy atom. The van der Waals surface area contributed by atoms with E-state index in [2.05, 4.69) is 15.5 Å². The van der Waals surface area contributed by atoms with Crippen molar-refractivity contribution >= 4 is 44.0 Å². The number of aryl methyl sites for hydroxylation is 2. The number of hydrogen-bond donors (Lipinski definition) is 1. The first-order chi connectivity index (χ1) is 14.8. The number of rotatable bonds is 6. The number of halogens is 1. The molecule has 2 aromatic heterocycles. The molecule has 4 rings (SSSR count). The first kappa shape index (κ1) is 21.9. The van der Waals surface area contributed by atoms with E-state index in [0.717, 1.165) is 10.4 Å². The van der Waals surface area contributed by atoms with Crippen molar-refractivity contribution in [2.24, 2.45) is 0 Å². The Morgan fingerprint density at radius 2 is 2.06 bits per heavy atom. The van der Waals surface area contributed by atoms with Gasteiger partial charge in [0.1, 0.15) is 16.6 Å². The Labute approximate surface area is 189 Å². The molecule has 3 aromatic rings. The normalized spacial score (nSPS) is 17.2. The molecular formula is C20H21ClN4O4S2. The molecule has 0 spiro atoms. The molecule has 0 bridgehead atoms. The van der Waals surface area contributed by atoms with Gasteiger partial charge in [0.25, 0.3) is 0 Å². The van der Waals surface area contributed by atoms with Gasteiger partial charge in [-0.2, -0.15) is 4.31 Å². The molecule has 0 radical (unpaired) electrons. The topological polar surface area (TPSA) is 105 Å². The van der Waals surface area contributed by atoms with Crippen LogP contribution in [0.25, 0.3) is 0 Å². The Kier molecular flexibility index (Phi) is 6.16. The number of sulfonamides is 1. The Balaban J connectivity index is 1.47. The van der Waals surface area contributed by atoms with Crippen LogP contribution in [0.2, 0.25) is 5.02 Å². The molecule has 1 aliphatic heterocycles. The van der Waals surface area contributed by atoms with Crippen molar-refractivity contribution in [2.45, 2.75) is 44.0 Å². The monoisotopic (exact) mass is 480 g/mol. The van der Waals surface area contributed by atoms with Crippen molar-refractivity contribution in [3.05, 3.63) is 57.4 Å². The van der Waals surface area contributed by atoms with E-state index in [9.17, 15) is 13.2 Å². The molecule has 1 aromatic carbocycles. The molecule has 3 heterocycles. The molecule has 0 unspecified atom stereocenters. The van der Waals surface area contributed by atoms with E-state index in [1.54, 1.807) is 20.0 Å². The number of nitrogens with zero attached hydrogens (tertiary/aromatic N) is 3. The number of thiazole rings is 1. The van der Waals surface area contributed by atoms with Gasteiger partial charge in [-0.05, 0) is 44.4 Å². The van der Waals surface area contributed by atoms with Gasteiger partial charge in [-0.15, -0.1) is 11.3 Å². The number of nitrogens with one attached hydrogen (secondary N) is 1. The molecule has 1 atom stereocenters. The summed E-state index contributed by atoms with van der Waals surface area (Å²) in [4.78, 5) is 18.2. The van der Waals surface area contributed by atoms with Crippen LogP contribution in [0.4, 0.5) is 5.13 Å². The maximum absolute atomic E-state index is 13.2. The number of carbonyl (C=O) groups is 1. The van der Waals surface area contributed by atoms with Crippen LogP contribution in [0.3, 0.4) is 0 Å². The number of aromatic nitrogens is 2. The molecule has 0 saturated carbocycles. The van der Waals surface area contributed by atoms with Crippen LogP contribution in [0.1, 0.15) is 34.7 Å². The summed E-state index contributed by atoms with van der Waals surface area (Å²) in [6, 6.07) is 6.73. The van der Waals surface area contributed by atoms with E-state index < -0.39 is 16.1 Å². The van der Waals surface area contributed by atoms with E-state index in [0.29, 0.717) is 29.4 Å². The molecule has 164 valence electrons. The summed E-state index contributed by atoms with van der Waals surface area (Å²) in [5.41, 5.74) is 1.37. The average molecular weight is 481 g/mol. The van der Waals surface area contributed by atoms with Crippen molar-refractivity contribution in [1.82, 2.24) is 14.4 Å². The van der Waals surface area contributed by atoms with Crippen LogP contribution < -0.4 is 5.32 Å². The van der Waals surface area contributed by atoms with Crippen molar-refractivity contribution in [3.63, 3.8) is 0 Å². The highest BCUT2D eigenvalue weighted by Crippen LogP contribution is 2.31. The molecule has 1 fully saturated rings. The summed E-state index contributed by atoms with van der Waals surface area (Å²) in [5.74, 6) is -0.171. The number of hydrogen-bond acceptors (Lipinski definition) is 7. The standard InChI is InChI=1S/C20H21ClN4O4S2/c1-12-18(13(2)29-24-12)31(27,28)25-9-3-4-17(25)19(26)23-20-22-11-16(30-20)10-14-5-7-15(21)8-6-14/h5-8,11,17H,3-4,9-10H2,1-2H3,(H,22,23,26)/t17-/m0/s1. The van der Waals surface area contributed by atoms with Crippen LogP contribution in [0.5, 0.6) is 0 Å². The zero-order chi connectivity index (χ0) is 22.2. The Bertz CT molecular complexity index is 1180. The zero-order valence-corrected chi connectivity index (χ0v) is 19.4. The lowest BCUT2D eigenvalue weighted by Crippen LogP contribution is -2.43. The molecule has 8 nitrogen and oxygen atoms in total. The fraction of sp³-hybridized carbons (Fsp3) is 0.350. The van der Waals surface area contributed by atoms with Gasteiger partial charge in [0.05, 0.1) is 0 Å². The largest absolute Gasteiger partial charge is 0.360 e. The summed E-state index contributed by atoms with van der Waals surface area (Å²) in [6.07, 6.45) is 3.42. The second-order valence-electron chi connectivity index (χ2n) is 7.35. The van der Waals surface area contributed by atoms with Gasteiger partial charge in [0.2, 0.25) is 15.9 Å². The highest BCUT2D eigenvalue weighted by Gasteiger charge is 2.42. The summed E-state index contributed by atoms with van der Waals surface area (Å²) in [7, 11) is -3.89. The van der Waals surface area contributed by atoms with E-state index in [1.165, 1.54) is 15.6 Å². The second kappa shape index (κ2) is 8.70. The maximum Gasteiger partial charge on any atom is 0.249 e. The van der Waals surface area contributed by atoms with Crippen molar-refractivity contribution in [2.75, 3.05) is 11.9 Å². The first-order valence-electron chi connectivity index (χ1n) is 9.70. The lowest BCUT2D eigenvalue weighted by atomic mass is 10.1. The number of amides is 1. The summed E-state index contributed by atoms with van der Waals surface area (Å²) >= 11 is 7.28. The number of benzene rings is 1. The smallest absolute Gasteiger partial charge is 0.249 e. The van der Waals surface area contributed by atoms with Crippen LogP contribution in [-0.2, 0) is 21.2 Å². The predicted molar refractivity (Wildman–Crippen MR) is 118 cm³/mol. The molecule has 1 N–H and O–H groups in total. The van der Waals surface area contributed by atoms with Gasteiger partial charge in [-0.25, -0.2) is 13.4 Å². The molecule has 1 saturated heterocycles. The predicted octanol–water partition coefficient (Wildman–Crippen LogP) is 3.78. The summed E-state index contributed by atoms with van der Waals surface area (Å²) in [5, 5.41) is 7.63. The minimum Gasteiger partial charge on any atom is -0.360 e. The molecule has 1 amide bonds. The second-order valence-corrected chi connectivity index (χ2v) is 10.7. The molecule has 0 aliphatic carbocycles. The van der Waals surface area contributed by atoms with E-state index >= 15 is 0 Å². The van der Waals surface area contributed by atoms with Gasteiger partial charge in [0.15, 0.2) is 10.9 Å². The zero-order valence-electron chi connectivity index (χ0n) is 17.0. The Hall–Kier alpha value is -2.27. The van der Waals surface area contributed by atoms with Gasteiger partial charge >= 0.3 is 0 Å². The van der Waals surface area contributed by atoms with Crippen LogP contribution in [-0.4, -0.2) is 41.4 Å². The molecular weight excluding hydrogens is 460 g/mol. The van der Waals surface area contributed by atoms with Gasteiger partial charge in [-0.1, -0.05) is 28.9 Å². The Morgan fingerprint density at radius 1 is 1.32 bits per heavy atom. The van der Waals surface area contributed by atoms with Gasteiger partial charge in [0, 0.05) is 29.1 Å². The van der Waals surface area contributed by atoms with E-state index in [1.807, 2.05) is 24.3 Å². The van der Waals surface area contributed by atoms with Gasteiger partial charge in [-0.3, -0.25) is 4.79 Å². The number of anilines is 1. The average Bonchev–Trinajstić information content (AvgIpc) is 3.44. The van der Waals surface area contributed by atoms with E-state index in [4.69, 9.17) is 16.1 Å². The van der Waals surface area contributed by atoms with Crippen molar-refractivity contribution < 1.29 is 17.7 Å². The fourth-order valence-electron chi connectivity index (χ4n) is 3.69. The minimum absolute atomic E-state index is 0.0340. The van der Waals surface area contributed by atoms with Crippen LogP contribution in [0.15, 0.2) is 39.9 Å². The molecule has 31 heavy (non-hydrogen) atoms. The fourth-order valence-corrected chi connectivity index (χ4v) is 6.62. The van der Waals surface area contributed by atoms with E-state index in [-0.39, 0.29) is 28.8 Å². The third kappa shape index (κ3) is 4.52.